The molecule has 0 aliphatic heterocycles. The molecule has 0 spiro atoms. The minimum Gasteiger partial charge on any atom is -0.368 e. The van der Waals surface area contributed by atoms with E-state index in [1.165, 1.54) is 11.1 Å². The third-order valence-electron chi connectivity index (χ3n) is 2.42. The fourth-order valence-electron chi connectivity index (χ4n) is 1.26. The Kier molecular flexibility index (Phi) is 3.99. The predicted octanol–water partition coefficient (Wildman–Crippen LogP) is 1.60. The number of nitrogens with two attached hydrogens (primary N) is 2. The van der Waals surface area contributed by atoms with Crippen LogP contribution < -0.4 is 11.5 Å². The van der Waals surface area contributed by atoms with Crippen LogP contribution in [0.1, 0.15) is 18.1 Å². The van der Waals surface area contributed by atoms with Crippen LogP contribution in [-0.2, 0) is 4.79 Å². The molecule has 0 heterocycles. The van der Waals surface area contributed by atoms with E-state index in [4.69, 9.17) is 11.5 Å². The van der Waals surface area contributed by atoms with Gasteiger partial charge in [-0.05, 0) is 32.4 Å². The number of amides is 1. The van der Waals surface area contributed by atoms with Gasteiger partial charge >= 0.3 is 0 Å². The monoisotopic (exact) mass is 238 g/mol. The maximum Gasteiger partial charge on any atom is 0.238 e. The van der Waals surface area contributed by atoms with Gasteiger partial charge < -0.3 is 11.5 Å². The van der Waals surface area contributed by atoms with E-state index in [-0.39, 0.29) is 0 Å². The third kappa shape index (κ3) is 3.25. The Morgan fingerprint density at radius 2 is 2.06 bits per heavy atom. The Bertz CT molecular complexity index is 402. The van der Waals surface area contributed by atoms with E-state index >= 15 is 0 Å². The van der Waals surface area contributed by atoms with Gasteiger partial charge in [0.2, 0.25) is 5.91 Å². The predicted molar refractivity (Wildman–Crippen MR) is 68.4 cm³/mol. The summed E-state index contributed by atoms with van der Waals surface area (Å²) in [6.07, 6.45) is 0. The Hall–Kier alpha value is -1.00. The first-order valence-electron chi connectivity index (χ1n) is 5.12. The number of hydrogen-bond acceptors (Lipinski definition) is 3. The van der Waals surface area contributed by atoms with Gasteiger partial charge in [0.15, 0.2) is 0 Å². The molecule has 0 aliphatic carbocycles. The molecule has 0 saturated heterocycles. The highest BCUT2D eigenvalue weighted by atomic mass is 32.2. The van der Waals surface area contributed by atoms with Crippen molar-refractivity contribution in [1.29, 1.82) is 0 Å². The van der Waals surface area contributed by atoms with Crippen LogP contribution in [0, 0.1) is 13.8 Å². The summed E-state index contributed by atoms with van der Waals surface area (Å²) in [5.41, 5.74) is 12.5. The Morgan fingerprint density at radius 1 is 1.44 bits per heavy atom. The van der Waals surface area contributed by atoms with E-state index in [9.17, 15) is 4.79 Å². The number of aryl methyl sites for hydroxylation is 2. The van der Waals surface area contributed by atoms with Gasteiger partial charge in [-0.1, -0.05) is 17.7 Å². The van der Waals surface area contributed by atoms with Crippen molar-refractivity contribution in [2.75, 3.05) is 5.75 Å². The van der Waals surface area contributed by atoms with Crippen LogP contribution >= 0.6 is 11.8 Å². The van der Waals surface area contributed by atoms with Crippen molar-refractivity contribution in [1.82, 2.24) is 0 Å². The van der Waals surface area contributed by atoms with Gasteiger partial charge in [-0.3, -0.25) is 4.79 Å². The fourth-order valence-corrected chi connectivity index (χ4v) is 2.31. The molecule has 1 atom stereocenters. The lowest BCUT2D eigenvalue weighted by molar-refractivity contribution is -0.121. The molecular weight excluding hydrogens is 220 g/mol. The average molecular weight is 238 g/mol. The first-order valence-corrected chi connectivity index (χ1v) is 6.10. The highest BCUT2D eigenvalue weighted by Gasteiger charge is 2.25. The lowest BCUT2D eigenvalue weighted by Gasteiger charge is -2.20. The number of primary amides is 1. The van der Waals surface area contributed by atoms with Gasteiger partial charge in [-0.15, -0.1) is 11.8 Å². The molecule has 1 amide bonds. The molecule has 88 valence electrons. The largest absolute Gasteiger partial charge is 0.368 e. The topological polar surface area (TPSA) is 69.1 Å². The molecule has 1 aromatic rings. The zero-order chi connectivity index (χ0) is 12.3. The zero-order valence-corrected chi connectivity index (χ0v) is 10.7. The zero-order valence-electron chi connectivity index (χ0n) is 9.91. The highest BCUT2D eigenvalue weighted by Crippen LogP contribution is 2.25. The second-order valence-corrected chi connectivity index (χ2v) is 5.36. The fraction of sp³-hybridized carbons (Fsp3) is 0.417. The molecule has 1 aromatic carbocycles. The smallest absolute Gasteiger partial charge is 0.238 e. The third-order valence-corrected chi connectivity index (χ3v) is 3.93. The second-order valence-electron chi connectivity index (χ2n) is 4.34. The van der Waals surface area contributed by atoms with Crippen LogP contribution in [0.2, 0.25) is 0 Å². The van der Waals surface area contributed by atoms with E-state index in [1.807, 2.05) is 19.1 Å². The molecule has 0 bridgehead atoms. The minimum absolute atomic E-state index is 0.468. The molecule has 1 rings (SSSR count). The molecule has 0 aromatic heterocycles. The molecule has 4 heteroatoms. The van der Waals surface area contributed by atoms with E-state index in [1.54, 1.807) is 18.7 Å². The normalized spacial score (nSPS) is 14.5. The van der Waals surface area contributed by atoms with Crippen molar-refractivity contribution >= 4 is 17.7 Å². The summed E-state index contributed by atoms with van der Waals surface area (Å²) < 4.78 is 0. The van der Waals surface area contributed by atoms with Crippen molar-refractivity contribution in [3.63, 3.8) is 0 Å². The van der Waals surface area contributed by atoms with Gasteiger partial charge in [-0.25, -0.2) is 0 Å². The molecule has 0 fully saturated rings. The lowest BCUT2D eigenvalue weighted by Crippen LogP contribution is -2.51. The van der Waals surface area contributed by atoms with Crippen LogP contribution in [0.4, 0.5) is 0 Å². The summed E-state index contributed by atoms with van der Waals surface area (Å²) in [6.45, 7) is 5.76. The molecule has 0 saturated carbocycles. The van der Waals surface area contributed by atoms with E-state index in [0.29, 0.717) is 5.75 Å². The van der Waals surface area contributed by atoms with E-state index < -0.39 is 11.4 Å². The molecule has 0 radical (unpaired) electrons. The van der Waals surface area contributed by atoms with Crippen LogP contribution in [0.25, 0.3) is 0 Å². The first kappa shape index (κ1) is 13.1. The number of hydrogen-bond donors (Lipinski definition) is 2. The van der Waals surface area contributed by atoms with Crippen molar-refractivity contribution < 1.29 is 4.79 Å². The van der Waals surface area contributed by atoms with Gasteiger partial charge in [0.05, 0.1) is 0 Å². The Labute approximate surface area is 101 Å². The summed E-state index contributed by atoms with van der Waals surface area (Å²) in [7, 11) is 0. The SMILES string of the molecule is Cc1ccc(SCC(C)(N)C(N)=O)c(C)c1. The Balaban J connectivity index is 2.72. The number of carbonyl (C=O) groups excluding carboxylic acids is 1. The van der Waals surface area contributed by atoms with Crippen LogP contribution in [0.15, 0.2) is 23.1 Å². The van der Waals surface area contributed by atoms with Gasteiger partial charge in [-0.2, -0.15) is 0 Å². The molecule has 4 N–H and O–H groups in total. The molecule has 3 nitrogen and oxygen atoms in total. The van der Waals surface area contributed by atoms with Gasteiger partial charge in [0.1, 0.15) is 5.54 Å². The summed E-state index contributed by atoms with van der Waals surface area (Å²) in [5, 5.41) is 0. The standard InChI is InChI=1S/C12H18N2OS/c1-8-4-5-10(9(2)6-8)16-7-12(3,14)11(13)15/h4-6H,7,14H2,1-3H3,(H2,13,15). The Morgan fingerprint density at radius 3 is 2.56 bits per heavy atom. The van der Waals surface area contributed by atoms with Crippen LogP contribution in [0.3, 0.4) is 0 Å². The average Bonchev–Trinajstić information content (AvgIpc) is 2.16. The first-order chi connectivity index (χ1) is 7.33. The van der Waals surface area contributed by atoms with Gasteiger partial charge in [0, 0.05) is 10.6 Å². The number of rotatable bonds is 4. The van der Waals surface area contributed by atoms with Crippen molar-refractivity contribution in [3.8, 4) is 0 Å². The van der Waals surface area contributed by atoms with E-state index in [2.05, 4.69) is 13.0 Å². The van der Waals surface area contributed by atoms with Crippen LogP contribution in [0.5, 0.6) is 0 Å². The summed E-state index contributed by atoms with van der Waals surface area (Å²) in [5.74, 6) is 0.0245. The molecule has 0 aliphatic rings. The highest BCUT2D eigenvalue weighted by molar-refractivity contribution is 7.99. The summed E-state index contributed by atoms with van der Waals surface area (Å²) in [6, 6.07) is 6.21. The maximum absolute atomic E-state index is 11.1. The summed E-state index contributed by atoms with van der Waals surface area (Å²) in [4.78, 5) is 12.2. The summed E-state index contributed by atoms with van der Waals surface area (Å²) >= 11 is 1.57. The number of thioether (sulfide) groups is 1. The lowest BCUT2D eigenvalue weighted by atomic mass is 10.1. The van der Waals surface area contributed by atoms with Gasteiger partial charge in [0.25, 0.3) is 0 Å². The van der Waals surface area contributed by atoms with Crippen molar-refractivity contribution in [2.45, 2.75) is 31.2 Å². The van der Waals surface area contributed by atoms with E-state index in [0.717, 1.165) is 4.90 Å². The minimum atomic E-state index is -0.956. The van der Waals surface area contributed by atoms with Crippen molar-refractivity contribution in [3.05, 3.63) is 29.3 Å². The number of benzene rings is 1. The second kappa shape index (κ2) is 4.89. The number of carbonyl (C=O) groups is 1. The van der Waals surface area contributed by atoms with Crippen LogP contribution in [-0.4, -0.2) is 17.2 Å². The van der Waals surface area contributed by atoms with Crippen molar-refractivity contribution in [2.24, 2.45) is 11.5 Å². The molecular formula is C12H18N2OS. The molecule has 1 unspecified atom stereocenters. The maximum atomic E-state index is 11.1. The quantitative estimate of drug-likeness (QED) is 0.783. The molecule has 16 heavy (non-hydrogen) atoms.